The lowest BCUT2D eigenvalue weighted by atomic mass is 9.73. The van der Waals surface area contributed by atoms with E-state index in [1.54, 1.807) is 0 Å². The van der Waals surface area contributed by atoms with Crippen LogP contribution in [0, 0.1) is 24.7 Å². The molecule has 25 heavy (non-hydrogen) atoms. The highest BCUT2D eigenvalue weighted by atomic mass is 16.4. The summed E-state index contributed by atoms with van der Waals surface area (Å²) in [6.45, 7) is 5.87. The first-order valence-corrected chi connectivity index (χ1v) is 10.2. The van der Waals surface area contributed by atoms with Crippen LogP contribution in [-0.4, -0.2) is 35.5 Å². The maximum atomic E-state index is 9.50. The molecule has 1 aromatic rings. The van der Waals surface area contributed by atoms with E-state index < -0.39 is 0 Å². The van der Waals surface area contributed by atoms with Crippen molar-refractivity contribution in [3.05, 3.63) is 34.9 Å². The van der Waals surface area contributed by atoms with Crippen LogP contribution in [0.25, 0.3) is 0 Å². The number of fused-ring (bicyclic) bond motifs is 4. The molecule has 3 heteroatoms. The van der Waals surface area contributed by atoms with Crippen LogP contribution in [0.4, 0.5) is 0 Å². The van der Waals surface area contributed by atoms with Crippen LogP contribution >= 0.6 is 0 Å². The molecule has 1 aromatic carbocycles. The smallest absolute Gasteiger partial charge is 0.0879 e. The summed E-state index contributed by atoms with van der Waals surface area (Å²) in [5.74, 6) is 3.06. The predicted molar refractivity (Wildman–Crippen MR) is 103 cm³/mol. The minimum atomic E-state index is 0. The molecule has 0 amide bonds. The number of benzene rings is 1. The summed E-state index contributed by atoms with van der Waals surface area (Å²) < 4.78 is 0. The molecule has 3 fully saturated rings. The SMILES string of the molecule is Cc1ccc2c(c1)/C(=N/O)CC21CCN(CC2C[C@H]3CC[C@@H]2C3)CC1.[HH]. The van der Waals surface area contributed by atoms with E-state index >= 15 is 0 Å². The van der Waals surface area contributed by atoms with Crippen LogP contribution in [0.3, 0.4) is 0 Å². The molecule has 2 saturated carbocycles. The van der Waals surface area contributed by atoms with E-state index in [1.165, 1.54) is 74.8 Å². The molecule has 4 aliphatic rings. The normalized spacial score (nSPS) is 34.9. The van der Waals surface area contributed by atoms with E-state index in [4.69, 9.17) is 0 Å². The van der Waals surface area contributed by atoms with Crippen molar-refractivity contribution in [1.82, 2.24) is 4.90 Å². The van der Waals surface area contributed by atoms with E-state index in [2.05, 4.69) is 35.2 Å². The van der Waals surface area contributed by atoms with Crippen molar-refractivity contribution in [1.29, 1.82) is 0 Å². The molecule has 0 radical (unpaired) electrons. The fourth-order valence-corrected chi connectivity index (χ4v) is 6.50. The van der Waals surface area contributed by atoms with Gasteiger partial charge in [0.2, 0.25) is 0 Å². The fourth-order valence-electron chi connectivity index (χ4n) is 6.50. The number of oxime groups is 1. The first-order chi connectivity index (χ1) is 12.2. The zero-order valence-corrected chi connectivity index (χ0v) is 15.4. The lowest BCUT2D eigenvalue weighted by Crippen LogP contribution is -2.44. The van der Waals surface area contributed by atoms with Crippen LogP contribution in [0.5, 0.6) is 0 Å². The van der Waals surface area contributed by atoms with Gasteiger partial charge in [0, 0.05) is 25.4 Å². The Labute approximate surface area is 152 Å². The molecule has 3 nitrogen and oxygen atoms in total. The summed E-state index contributed by atoms with van der Waals surface area (Å²) in [5, 5.41) is 13.1. The van der Waals surface area contributed by atoms with Gasteiger partial charge in [-0.2, -0.15) is 0 Å². The van der Waals surface area contributed by atoms with Crippen molar-refractivity contribution < 1.29 is 6.63 Å². The van der Waals surface area contributed by atoms with Gasteiger partial charge < -0.3 is 10.1 Å². The van der Waals surface area contributed by atoms with E-state index in [0.29, 0.717) is 0 Å². The second-order valence-corrected chi connectivity index (χ2v) is 9.29. The number of hydrogen-bond donors (Lipinski definition) is 1. The van der Waals surface area contributed by atoms with Crippen molar-refractivity contribution in [3.8, 4) is 0 Å². The molecule has 1 heterocycles. The van der Waals surface area contributed by atoms with Gasteiger partial charge in [0.15, 0.2) is 0 Å². The first kappa shape index (κ1) is 15.9. The largest absolute Gasteiger partial charge is 0.411 e. The highest BCUT2D eigenvalue weighted by molar-refractivity contribution is 6.06. The van der Waals surface area contributed by atoms with Gasteiger partial charge >= 0.3 is 0 Å². The van der Waals surface area contributed by atoms with Crippen molar-refractivity contribution in [3.63, 3.8) is 0 Å². The third kappa shape index (κ3) is 2.54. The second kappa shape index (κ2) is 5.84. The van der Waals surface area contributed by atoms with Gasteiger partial charge in [0.05, 0.1) is 5.71 Å². The van der Waals surface area contributed by atoms with E-state index in [0.717, 1.165) is 29.9 Å². The summed E-state index contributed by atoms with van der Waals surface area (Å²) in [4.78, 5) is 2.73. The maximum Gasteiger partial charge on any atom is 0.0879 e. The van der Waals surface area contributed by atoms with Gasteiger partial charge in [-0.15, -0.1) is 0 Å². The molecule has 3 aliphatic carbocycles. The summed E-state index contributed by atoms with van der Waals surface area (Å²) in [7, 11) is 0. The highest BCUT2D eigenvalue weighted by Crippen LogP contribution is 2.50. The zero-order valence-electron chi connectivity index (χ0n) is 15.4. The van der Waals surface area contributed by atoms with E-state index in [-0.39, 0.29) is 6.84 Å². The number of rotatable bonds is 2. The Kier molecular flexibility index (Phi) is 3.70. The van der Waals surface area contributed by atoms with Crippen LogP contribution in [0.15, 0.2) is 23.4 Å². The minimum absolute atomic E-state index is 0. The minimum Gasteiger partial charge on any atom is -0.411 e. The zero-order chi connectivity index (χ0) is 17.0. The molecule has 1 aliphatic heterocycles. The number of likely N-dealkylation sites (tertiary alicyclic amines) is 1. The first-order valence-electron chi connectivity index (χ1n) is 10.2. The molecule has 1 spiro atoms. The Balaban J connectivity index is 0.00000168. The Bertz CT molecular complexity index is 708. The van der Waals surface area contributed by atoms with Crippen LogP contribution < -0.4 is 0 Å². The van der Waals surface area contributed by atoms with Crippen molar-refractivity contribution >= 4 is 5.71 Å². The van der Waals surface area contributed by atoms with Gasteiger partial charge in [0.25, 0.3) is 0 Å². The topological polar surface area (TPSA) is 35.8 Å². The molecular weight excluding hydrogens is 308 g/mol. The molecular formula is C22H32N2O. The number of aryl methyl sites for hydroxylation is 1. The highest BCUT2D eigenvalue weighted by Gasteiger charge is 2.45. The lowest BCUT2D eigenvalue weighted by molar-refractivity contribution is 0.126. The molecule has 1 N–H and O–H groups in total. The lowest BCUT2D eigenvalue weighted by Gasteiger charge is -2.41. The third-order valence-corrected chi connectivity index (χ3v) is 7.87. The quantitative estimate of drug-likeness (QED) is 0.631. The van der Waals surface area contributed by atoms with E-state index in [9.17, 15) is 5.21 Å². The van der Waals surface area contributed by atoms with Crippen LogP contribution in [-0.2, 0) is 5.41 Å². The van der Waals surface area contributed by atoms with Gasteiger partial charge in [-0.05, 0) is 81.5 Å². The second-order valence-electron chi connectivity index (χ2n) is 9.29. The molecule has 1 saturated heterocycles. The predicted octanol–water partition coefficient (Wildman–Crippen LogP) is 4.59. The fraction of sp³-hybridized carbons (Fsp3) is 0.682. The Hall–Kier alpha value is -1.35. The Morgan fingerprint density at radius 2 is 2.08 bits per heavy atom. The standard InChI is InChI=1S/C22H30N2O.H2/c1-15-2-5-20-19(10-15)21(23-25)13-22(20)6-8-24(9-7-22)14-18-12-16-3-4-17(18)11-16;/h2,5,10,16-18,25H,3-4,6-9,11-14H2,1H3;1H/b23-21+;/t16-,17+,18?;/m0./s1. The van der Waals surface area contributed by atoms with Crippen molar-refractivity contribution in [2.75, 3.05) is 19.6 Å². The number of nitrogens with zero attached hydrogens (tertiary/aromatic N) is 2. The average Bonchev–Trinajstić information content (AvgIpc) is 3.31. The van der Waals surface area contributed by atoms with Gasteiger partial charge in [-0.3, -0.25) is 0 Å². The molecule has 136 valence electrons. The number of hydrogen-bond acceptors (Lipinski definition) is 3. The average molecular weight is 341 g/mol. The molecule has 0 aromatic heterocycles. The van der Waals surface area contributed by atoms with Crippen molar-refractivity contribution in [2.45, 2.75) is 57.3 Å². The Morgan fingerprint density at radius 3 is 2.76 bits per heavy atom. The van der Waals surface area contributed by atoms with Gasteiger partial charge in [-0.1, -0.05) is 29.3 Å². The summed E-state index contributed by atoms with van der Waals surface area (Å²) in [5.41, 5.74) is 5.01. The van der Waals surface area contributed by atoms with E-state index in [1.807, 2.05) is 0 Å². The molecule has 5 rings (SSSR count). The van der Waals surface area contributed by atoms with Crippen LogP contribution in [0.1, 0.15) is 63.1 Å². The molecule has 2 bridgehead atoms. The van der Waals surface area contributed by atoms with Crippen LogP contribution in [0.2, 0.25) is 0 Å². The Morgan fingerprint density at radius 1 is 1.24 bits per heavy atom. The monoisotopic (exact) mass is 340 g/mol. The third-order valence-electron chi connectivity index (χ3n) is 7.87. The maximum absolute atomic E-state index is 9.50. The summed E-state index contributed by atoms with van der Waals surface area (Å²) >= 11 is 0. The summed E-state index contributed by atoms with van der Waals surface area (Å²) in [6, 6.07) is 6.73. The van der Waals surface area contributed by atoms with Gasteiger partial charge in [-0.25, -0.2) is 0 Å². The molecule has 1 unspecified atom stereocenters. The van der Waals surface area contributed by atoms with Gasteiger partial charge in [0.1, 0.15) is 0 Å². The summed E-state index contributed by atoms with van der Waals surface area (Å²) in [6.07, 6.45) is 9.36. The number of piperidine rings is 1. The van der Waals surface area contributed by atoms with Crippen molar-refractivity contribution in [2.24, 2.45) is 22.9 Å². The molecule has 3 atom stereocenters.